The SMILES string of the molecule is CC1CC(N2CCCC(NC(=O)C3CCCNC3)C2)CC(C)O1. The van der Waals surface area contributed by atoms with Crippen molar-refractivity contribution in [1.82, 2.24) is 15.5 Å². The van der Waals surface area contributed by atoms with Gasteiger partial charge in [-0.15, -0.1) is 0 Å². The summed E-state index contributed by atoms with van der Waals surface area (Å²) in [7, 11) is 0. The molecular formula is C18H33N3O2. The average molecular weight is 323 g/mol. The fourth-order valence-corrected chi connectivity index (χ4v) is 4.52. The third-order valence-electron chi connectivity index (χ3n) is 5.66. The van der Waals surface area contributed by atoms with Crippen LogP contribution in [0.1, 0.15) is 52.4 Å². The van der Waals surface area contributed by atoms with Crippen LogP contribution in [0.15, 0.2) is 0 Å². The highest BCUT2D eigenvalue weighted by atomic mass is 16.5. The Morgan fingerprint density at radius 2 is 1.96 bits per heavy atom. The van der Waals surface area contributed by atoms with Crippen molar-refractivity contribution >= 4 is 5.91 Å². The molecule has 5 nitrogen and oxygen atoms in total. The molecule has 0 saturated carbocycles. The first kappa shape index (κ1) is 17.2. The summed E-state index contributed by atoms with van der Waals surface area (Å²) in [6, 6.07) is 0.941. The minimum absolute atomic E-state index is 0.169. The molecule has 0 spiro atoms. The van der Waals surface area contributed by atoms with Gasteiger partial charge in [0.15, 0.2) is 0 Å². The van der Waals surface area contributed by atoms with Gasteiger partial charge in [-0.1, -0.05) is 0 Å². The van der Waals surface area contributed by atoms with Gasteiger partial charge in [-0.05, 0) is 65.5 Å². The van der Waals surface area contributed by atoms with Gasteiger partial charge in [-0.3, -0.25) is 9.69 Å². The van der Waals surface area contributed by atoms with Gasteiger partial charge in [0, 0.05) is 25.2 Å². The molecule has 3 aliphatic rings. The molecule has 3 fully saturated rings. The number of piperidine rings is 2. The third kappa shape index (κ3) is 4.68. The molecule has 0 radical (unpaired) electrons. The van der Waals surface area contributed by atoms with E-state index in [1.54, 1.807) is 0 Å². The Kier molecular flexibility index (Phi) is 5.94. The van der Waals surface area contributed by atoms with Crippen LogP contribution in [0.4, 0.5) is 0 Å². The zero-order valence-electron chi connectivity index (χ0n) is 14.7. The fraction of sp³-hybridized carbons (Fsp3) is 0.944. The van der Waals surface area contributed by atoms with Gasteiger partial charge in [0.25, 0.3) is 0 Å². The highest BCUT2D eigenvalue weighted by Crippen LogP contribution is 2.26. The Morgan fingerprint density at radius 1 is 1.17 bits per heavy atom. The zero-order chi connectivity index (χ0) is 16.2. The molecule has 3 saturated heterocycles. The monoisotopic (exact) mass is 323 g/mol. The van der Waals surface area contributed by atoms with Gasteiger partial charge < -0.3 is 15.4 Å². The quantitative estimate of drug-likeness (QED) is 0.827. The molecule has 3 rings (SSSR count). The van der Waals surface area contributed by atoms with Crippen molar-refractivity contribution in [1.29, 1.82) is 0 Å². The molecule has 2 N–H and O–H groups in total. The highest BCUT2D eigenvalue weighted by molar-refractivity contribution is 5.79. The second-order valence-corrected chi connectivity index (χ2v) is 7.77. The number of hydrogen-bond acceptors (Lipinski definition) is 4. The van der Waals surface area contributed by atoms with E-state index in [1.807, 2.05) is 0 Å². The lowest BCUT2D eigenvalue weighted by atomic mass is 9.94. The normalized spacial score (nSPS) is 39.8. The molecule has 4 atom stereocenters. The van der Waals surface area contributed by atoms with Gasteiger partial charge in [-0.25, -0.2) is 0 Å². The maximum atomic E-state index is 12.5. The summed E-state index contributed by atoms with van der Waals surface area (Å²) in [6.07, 6.45) is 7.41. The first-order valence-corrected chi connectivity index (χ1v) is 9.52. The van der Waals surface area contributed by atoms with Gasteiger partial charge in [0.2, 0.25) is 5.91 Å². The van der Waals surface area contributed by atoms with Crippen LogP contribution >= 0.6 is 0 Å². The standard InChI is InChI=1S/C18H33N3O2/c1-13-9-17(10-14(2)23-13)21-8-4-6-16(12-21)20-18(22)15-5-3-7-19-11-15/h13-17,19H,3-12H2,1-2H3,(H,20,22). The molecular weight excluding hydrogens is 290 g/mol. The first-order valence-electron chi connectivity index (χ1n) is 9.52. The Labute approximate surface area is 140 Å². The molecule has 3 aliphatic heterocycles. The molecule has 3 heterocycles. The van der Waals surface area contributed by atoms with E-state index < -0.39 is 0 Å². The summed E-state index contributed by atoms with van der Waals surface area (Å²) in [5.74, 6) is 0.431. The van der Waals surface area contributed by atoms with Crippen molar-refractivity contribution in [3.05, 3.63) is 0 Å². The molecule has 1 amide bonds. The summed E-state index contributed by atoms with van der Waals surface area (Å²) >= 11 is 0. The van der Waals surface area contributed by atoms with Crippen molar-refractivity contribution in [2.75, 3.05) is 26.2 Å². The number of carbonyl (C=O) groups is 1. The molecule has 0 aromatic rings. The van der Waals surface area contributed by atoms with Gasteiger partial charge in [-0.2, -0.15) is 0 Å². The Morgan fingerprint density at radius 3 is 2.65 bits per heavy atom. The maximum Gasteiger partial charge on any atom is 0.224 e. The highest BCUT2D eigenvalue weighted by Gasteiger charge is 2.33. The number of hydrogen-bond donors (Lipinski definition) is 2. The lowest BCUT2D eigenvalue weighted by Gasteiger charge is -2.43. The van der Waals surface area contributed by atoms with E-state index in [1.165, 1.54) is 13.0 Å². The van der Waals surface area contributed by atoms with Crippen molar-refractivity contribution in [3.63, 3.8) is 0 Å². The minimum atomic E-state index is 0.169. The average Bonchev–Trinajstić information content (AvgIpc) is 2.55. The number of rotatable bonds is 3. The van der Waals surface area contributed by atoms with Crippen LogP contribution in [0.5, 0.6) is 0 Å². The molecule has 4 unspecified atom stereocenters. The number of amides is 1. The Bertz CT molecular complexity index is 388. The van der Waals surface area contributed by atoms with E-state index in [2.05, 4.69) is 29.4 Å². The number of nitrogens with one attached hydrogen (secondary N) is 2. The predicted molar refractivity (Wildman–Crippen MR) is 91.4 cm³/mol. The van der Waals surface area contributed by atoms with Gasteiger partial charge in [0.05, 0.1) is 18.1 Å². The van der Waals surface area contributed by atoms with Crippen LogP contribution < -0.4 is 10.6 Å². The van der Waals surface area contributed by atoms with E-state index in [-0.39, 0.29) is 11.8 Å². The number of ether oxygens (including phenoxy) is 1. The van der Waals surface area contributed by atoms with Crippen molar-refractivity contribution < 1.29 is 9.53 Å². The minimum Gasteiger partial charge on any atom is -0.375 e. The Balaban J connectivity index is 1.50. The molecule has 5 heteroatoms. The van der Waals surface area contributed by atoms with E-state index >= 15 is 0 Å². The largest absolute Gasteiger partial charge is 0.375 e. The first-order chi connectivity index (χ1) is 11.1. The second-order valence-electron chi connectivity index (χ2n) is 7.77. The van der Waals surface area contributed by atoms with Crippen molar-refractivity contribution in [2.45, 2.75) is 76.7 Å². The fourth-order valence-electron chi connectivity index (χ4n) is 4.52. The van der Waals surface area contributed by atoms with Crippen molar-refractivity contribution in [2.24, 2.45) is 5.92 Å². The number of likely N-dealkylation sites (tertiary alicyclic amines) is 1. The molecule has 0 aromatic heterocycles. The number of carbonyl (C=O) groups excluding carboxylic acids is 1. The van der Waals surface area contributed by atoms with Crippen LogP contribution in [-0.4, -0.2) is 61.3 Å². The number of nitrogens with zero attached hydrogens (tertiary/aromatic N) is 1. The topological polar surface area (TPSA) is 53.6 Å². The summed E-state index contributed by atoms with van der Waals surface area (Å²) in [6.45, 7) is 8.44. The molecule has 132 valence electrons. The van der Waals surface area contributed by atoms with Crippen molar-refractivity contribution in [3.8, 4) is 0 Å². The van der Waals surface area contributed by atoms with Crippen LogP contribution in [0.2, 0.25) is 0 Å². The van der Waals surface area contributed by atoms with Gasteiger partial charge >= 0.3 is 0 Å². The molecule has 0 aromatic carbocycles. The second kappa shape index (κ2) is 7.95. The van der Waals surface area contributed by atoms with Crippen LogP contribution in [0.3, 0.4) is 0 Å². The van der Waals surface area contributed by atoms with Crippen LogP contribution in [0.25, 0.3) is 0 Å². The van der Waals surface area contributed by atoms with E-state index in [4.69, 9.17) is 4.74 Å². The predicted octanol–water partition coefficient (Wildman–Crippen LogP) is 1.52. The van der Waals surface area contributed by atoms with Crippen LogP contribution in [-0.2, 0) is 9.53 Å². The third-order valence-corrected chi connectivity index (χ3v) is 5.66. The van der Waals surface area contributed by atoms with Gasteiger partial charge in [0.1, 0.15) is 0 Å². The summed E-state index contributed by atoms with van der Waals surface area (Å²) < 4.78 is 5.87. The Hall–Kier alpha value is -0.650. The summed E-state index contributed by atoms with van der Waals surface area (Å²) in [4.78, 5) is 15.1. The summed E-state index contributed by atoms with van der Waals surface area (Å²) in [5.41, 5.74) is 0. The van der Waals surface area contributed by atoms with E-state index in [9.17, 15) is 4.79 Å². The van der Waals surface area contributed by atoms with E-state index in [0.717, 1.165) is 51.7 Å². The summed E-state index contributed by atoms with van der Waals surface area (Å²) in [5, 5.41) is 6.67. The smallest absolute Gasteiger partial charge is 0.224 e. The van der Waals surface area contributed by atoms with E-state index in [0.29, 0.717) is 24.3 Å². The lowest BCUT2D eigenvalue weighted by Crippen LogP contribution is -2.54. The zero-order valence-corrected chi connectivity index (χ0v) is 14.7. The molecule has 0 aliphatic carbocycles. The molecule has 0 bridgehead atoms. The maximum absolute atomic E-state index is 12.5. The molecule has 23 heavy (non-hydrogen) atoms. The lowest BCUT2D eigenvalue weighted by molar-refractivity contribution is -0.127. The van der Waals surface area contributed by atoms with Crippen LogP contribution in [0, 0.1) is 5.92 Å².